The van der Waals surface area contributed by atoms with E-state index < -0.39 is 0 Å². The minimum Gasteiger partial charge on any atom is -0.345 e. The molecule has 1 amide bonds. The topological polar surface area (TPSA) is 29.1 Å². The molecule has 126 valence electrons. The molecule has 1 aliphatic heterocycles. The second-order valence-corrected chi connectivity index (χ2v) is 8.76. The van der Waals surface area contributed by atoms with E-state index in [0.717, 1.165) is 27.5 Å². The molecule has 0 aliphatic carbocycles. The predicted molar refractivity (Wildman–Crippen MR) is 99.4 cm³/mol. The van der Waals surface area contributed by atoms with Gasteiger partial charge in [-0.15, -0.1) is 23.5 Å². The van der Waals surface area contributed by atoms with Gasteiger partial charge in [-0.3, -0.25) is 4.79 Å². The molecule has 1 heterocycles. The van der Waals surface area contributed by atoms with Crippen molar-refractivity contribution in [1.29, 1.82) is 0 Å². The molecule has 0 aromatic heterocycles. The number of halogens is 1. The summed E-state index contributed by atoms with van der Waals surface area (Å²) in [5.74, 6) is 0.573. The van der Waals surface area contributed by atoms with Crippen LogP contribution in [0, 0.1) is 5.82 Å². The van der Waals surface area contributed by atoms with E-state index in [-0.39, 0.29) is 17.8 Å². The van der Waals surface area contributed by atoms with Crippen molar-refractivity contribution in [3.05, 3.63) is 59.4 Å². The Morgan fingerprint density at radius 3 is 2.88 bits per heavy atom. The van der Waals surface area contributed by atoms with E-state index in [1.165, 1.54) is 6.07 Å². The molecule has 0 saturated heterocycles. The average molecular weight is 362 g/mol. The summed E-state index contributed by atoms with van der Waals surface area (Å²) >= 11 is 3.39. The molecule has 24 heavy (non-hydrogen) atoms. The van der Waals surface area contributed by atoms with E-state index in [0.29, 0.717) is 10.8 Å². The Kier molecular flexibility index (Phi) is 5.51. The first-order chi connectivity index (χ1) is 11.5. The van der Waals surface area contributed by atoms with Gasteiger partial charge in [-0.1, -0.05) is 26.0 Å². The van der Waals surface area contributed by atoms with Crippen LogP contribution >= 0.6 is 23.5 Å². The van der Waals surface area contributed by atoms with Crippen molar-refractivity contribution in [3.63, 3.8) is 0 Å². The van der Waals surface area contributed by atoms with Crippen molar-refractivity contribution in [2.45, 2.75) is 41.4 Å². The number of carbonyl (C=O) groups is 1. The molecular formula is C19H20FNOS2. The molecule has 0 bridgehead atoms. The van der Waals surface area contributed by atoms with Gasteiger partial charge in [0.2, 0.25) is 0 Å². The molecule has 0 radical (unpaired) electrons. The first-order valence-electron chi connectivity index (χ1n) is 8.03. The minimum absolute atomic E-state index is 0.0918. The molecule has 2 nitrogen and oxygen atoms in total. The zero-order valence-corrected chi connectivity index (χ0v) is 15.3. The molecule has 0 fully saturated rings. The quantitative estimate of drug-likeness (QED) is 0.750. The number of hydrogen-bond donors (Lipinski definition) is 1. The summed E-state index contributed by atoms with van der Waals surface area (Å²) in [6, 6.07) is 12.3. The van der Waals surface area contributed by atoms with Crippen LogP contribution in [0.5, 0.6) is 0 Å². The van der Waals surface area contributed by atoms with Crippen molar-refractivity contribution in [3.8, 4) is 0 Å². The fourth-order valence-corrected chi connectivity index (χ4v) is 4.82. The average Bonchev–Trinajstić information content (AvgIpc) is 2.55. The number of fused-ring (bicyclic) bond motifs is 1. The van der Waals surface area contributed by atoms with Gasteiger partial charge < -0.3 is 5.32 Å². The molecule has 5 heteroatoms. The molecule has 1 atom stereocenters. The lowest BCUT2D eigenvalue weighted by Gasteiger charge is -2.26. The Morgan fingerprint density at radius 2 is 2.08 bits per heavy atom. The van der Waals surface area contributed by atoms with Gasteiger partial charge in [0, 0.05) is 20.8 Å². The number of thioether (sulfide) groups is 2. The maximum Gasteiger partial charge on any atom is 0.252 e. The molecule has 0 saturated carbocycles. The summed E-state index contributed by atoms with van der Waals surface area (Å²) in [6.07, 6.45) is 0.812. The van der Waals surface area contributed by atoms with Crippen LogP contribution in [-0.2, 0) is 0 Å². The highest BCUT2D eigenvalue weighted by atomic mass is 32.2. The van der Waals surface area contributed by atoms with Crippen LogP contribution in [0.15, 0.2) is 52.3 Å². The van der Waals surface area contributed by atoms with Gasteiger partial charge >= 0.3 is 0 Å². The van der Waals surface area contributed by atoms with Gasteiger partial charge in [0.25, 0.3) is 5.91 Å². The van der Waals surface area contributed by atoms with Crippen LogP contribution in [-0.4, -0.2) is 16.9 Å². The molecule has 1 unspecified atom stereocenters. The first kappa shape index (κ1) is 17.4. The number of carbonyl (C=O) groups excluding carboxylic acids is 1. The van der Waals surface area contributed by atoms with Gasteiger partial charge in [0.1, 0.15) is 5.82 Å². The maximum absolute atomic E-state index is 13.6. The van der Waals surface area contributed by atoms with E-state index in [1.54, 1.807) is 35.7 Å². The Balaban J connectivity index is 1.83. The van der Waals surface area contributed by atoms with Gasteiger partial charge in [0.05, 0.1) is 11.6 Å². The molecule has 2 aromatic rings. The fourth-order valence-electron chi connectivity index (χ4n) is 2.76. The highest BCUT2D eigenvalue weighted by molar-refractivity contribution is 8.00. The third kappa shape index (κ3) is 3.95. The molecule has 3 rings (SSSR count). The standard InChI is InChI=1S/C19H20FNOS2/c1-12(2)24-18-6-4-3-5-14(18)19(22)21-16-9-10-23-17-8-7-13(20)11-15(16)17/h3-8,11-12,16H,9-10H2,1-2H3,(H,21,22). The van der Waals surface area contributed by atoms with E-state index in [4.69, 9.17) is 0 Å². The first-order valence-corrected chi connectivity index (χ1v) is 9.90. The lowest BCUT2D eigenvalue weighted by molar-refractivity contribution is 0.0932. The van der Waals surface area contributed by atoms with Crippen LogP contribution < -0.4 is 5.32 Å². The third-order valence-corrected chi connectivity index (χ3v) is 6.01. The van der Waals surface area contributed by atoms with Crippen molar-refractivity contribution < 1.29 is 9.18 Å². The molecule has 0 spiro atoms. The van der Waals surface area contributed by atoms with Crippen molar-refractivity contribution in [2.75, 3.05) is 5.75 Å². The lowest BCUT2D eigenvalue weighted by atomic mass is 10.0. The summed E-state index contributed by atoms with van der Waals surface area (Å²) in [6.45, 7) is 4.22. The Hall–Kier alpha value is -1.46. The highest BCUT2D eigenvalue weighted by Gasteiger charge is 2.24. The highest BCUT2D eigenvalue weighted by Crippen LogP contribution is 2.37. The number of hydrogen-bond acceptors (Lipinski definition) is 3. The van der Waals surface area contributed by atoms with E-state index in [9.17, 15) is 9.18 Å². The minimum atomic E-state index is -0.258. The van der Waals surface area contributed by atoms with Gasteiger partial charge in [-0.2, -0.15) is 0 Å². The summed E-state index contributed by atoms with van der Waals surface area (Å²) in [4.78, 5) is 14.8. The monoisotopic (exact) mass is 361 g/mol. The van der Waals surface area contributed by atoms with Gasteiger partial charge in [-0.05, 0) is 42.3 Å². The van der Waals surface area contributed by atoms with Crippen LogP contribution in [0.4, 0.5) is 4.39 Å². The zero-order valence-electron chi connectivity index (χ0n) is 13.7. The number of nitrogens with one attached hydrogen (secondary N) is 1. The fraction of sp³-hybridized carbons (Fsp3) is 0.316. The van der Waals surface area contributed by atoms with Gasteiger partial charge in [-0.25, -0.2) is 4.39 Å². The van der Waals surface area contributed by atoms with E-state index in [2.05, 4.69) is 19.2 Å². The zero-order chi connectivity index (χ0) is 17.1. The number of amides is 1. The predicted octanol–water partition coefficient (Wildman–Crippen LogP) is 5.29. The second kappa shape index (κ2) is 7.62. The normalized spacial score (nSPS) is 16.8. The van der Waals surface area contributed by atoms with Crippen LogP contribution in [0.2, 0.25) is 0 Å². The van der Waals surface area contributed by atoms with E-state index in [1.807, 2.05) is 24.3 Å². The maximum atomic E-state index is 13.6. The Labute approximate surface area is 150 Å². The molecule has 1 N–H and O–H groups in total. The van der Waals surface area contributed by atoms with Crippen LogP contribution in [0.1, 0.15) is 42.2 Å². The molecule has 1 aliphatic rings. The van der Waals surface area contributed by atoms with Crippen molar-refractivity contribution in [2.24, 2.45) is 0 Å². The second-order valence-electron chi connectivity index (χ2n) is 6.01. The van der Waals surface area contributed by atoms with Crippen LogP contribution in [0.3, 0.4) is 0 Å². The summed E-state index contributed by atoms with van der Waals surface area (Å²) in [7, 11) is 0. The summed E-state index contributed by atoms with van der Waals surface area (Å²) in [5, 5.41) is 3.50. The van der Waals surface area contributed by atoms with Crippen molar-refractivity contribution >= 4 is 29.4 Å². The molecular weight excluding hydrogens is 341 g/mol. The largest absolute Gasteiger partial charge is 0.345 e. The lowest BCUT2D eigenvalue weighted by Crippen LogP contribution is -2.31. The SMILES string of the molecule is CC(C)Sc1ccccc1C(=O)NC1CCSc2ccc(F)cc21. The van der Waals surface area contributed by atoms with Crippen molar-refractivity contribution in [1.82, 2.24) is 5.32 Å². The Morgan fingerprint density at radius 1 is 1.29 bits per heavy atom. The number of rotatable bonds is 4. The van der Waals surface area contributed by atoms with Crippen LogP contribution in [0.25, 0.3) is 0 Å². The number of benzene rings is 2. The summed E-state index contributed by atoms with van der Waals surface area (Å²) in [5.41, 5.74) is 1.57. The summed E-state index contributed by atoms with van der Waals surface area (Å²) < 4.78 is 13.6. The van der Waals surface area contributed by atoms with Gasteiger partial charge in [0.15, 0.2) is 0 Å². The smallest absolute Gasteiger partial charge is 0.252 e. The third-order valence-electron chi connectivity index (χ3n) is 3.81. The molecule has 2 aromatic carbocycles. The Bertz CT molecular complexity index is 748. The van der Waals surface area contributed by atoms with E-state index >= 15 is 0 Å².